The second kappa shape index (κ2) is 5.57. The number of likely N-dealkylation sites (tertiary alicyclic amines) is 1. The summed E-state index contributed by atoms with van der Waals surface area (Å²) in [7, 11) is 0. The fourth-order valence-electron chi connectivity index (χ4n) is 2.84. The van der Waals surface area contributed by atoms with Crippen molar-refractivity contribution < 1.29 is 20.1 Å². The van der Waals surface area contributed by atoms with Crippen LogP contribution in [0.15, 0.2) is 4.99 Å². The normalized spacial score (nSPS) is 42.4. The zero-order valence-electron chi connectivity index (χ0n) is 10.7. The molecule has 0 amide bonds. The average molecular weight is 288 g/mol. The van der Waals surface area contributed by atoms with Crippen LogP contribution in [0.25, 0.3) is 0 Å². The summed E-state index contributed by atoms with van der Waals surface area (Å²) in [6, 6.07) is -0.398. The van der Waals surface area contributed by atoms with Gasteiger partial charge in [0.2, 0.25) is 0 Å². The third-order valence-electron chi connectivity index (χ3n) is 3.94. The summed E-state index contributed by atoms with van der Waals surface area (Å²) in [6.45, 7) is 1.95. The van der Waals surface area contributed by atoms with Crippen molar-refractivity contribution in [2.75, 3.05) is 19.7 Å². The molecule has 0 saturated carbocycles. The smallest absolute Gasteiger partial charge is 0.162 e. The van der Waals surface area contributed by atoms with Crippen molar-refractivity contribution in [2.24, 2.45) is 4.99 Å². The zero-order valence-corrected chi connectivity index (χ0v) is 11.5. The first-order valence-corrected chi connectivity index (χ1v) is 7.70. The minimum absolute atomic E-state index is 0.0592. The minimum Gasteiger partial charge on any atom is -0.396 e. The topological polar surface area (TPSA) is 85.5 Å². The third kappa shape index (κ3) is 2.50. The summed E-state index contributed by atoms with van der Waals surface area (Å²) in [5.74, 6) is 0. The molecule has 0 aromatic carbocycles. The van der Waals surface area contributed by atoms with Crippen molar-refractivity contribution in [2.45, 2.75) is 49.1 Å². The van der Waals surface area contributed by atoms with Gasteiger partial charge in [-0.2, -0.15) is 0 Å². The van der Waals surface area contributed by atoms with E-state index in [1.165, 1.54) is 24.6 Å². The number of nitrogens with zero attached hydrogens (tertiary/aromatic N) is 2. The number of aliphatic hydroxyl groups is 3. The van der Waals surface area contributed by atoms with Crippen molar-refractivity contribution >= 4 is 16.9 Å². The van der Waals surface area contributed by atoms with Crippen molar-refractivity contribution in [3.05, 3.63) is 0 Å². The van der Waals surface area contributed by atoms with Crippen LogP contribution in [0.5, 0.6) is 0 Å². The molecule has 3 heterocycles. The Morgan fingerprint density at radius 2 is 2.00 bits per heavy atom. The van der Waals surface area contributed by atoms with E-state index >= 15 is 0 Å². The summed E-state index contributed by atoms with van der Waals surface area (Å²) in [5, 5.41) is 30.0. The van der Waals surface area contributed by atoms with Gasteiger partial charge in [0.05, 0.1) is 6.10 Å². The summed E-state index contributed by atoms with van der Waals surface area (Å²) in [6.07, 6.45) is 0.281. The van der Waals surface area contributed by atoms with Crippen LogP contribution in [0, 0.1) is 0 Å². The van der Waals surface area contributed by atoms with E-state index in [1.807, 2.05) is 0 Å². The first-order valence-electron chi connectivity index (χ1n) is 6.82. The predicted molar refractivity (Wildman–Crippen MR) is 72.0 cm³/mol. The van der Waals surface area contributed by atoms with Crippen LogP contribution < -0.4 is 0 Å². The molecule has 2 fully saturated rings. The van der Waals surface area contributed by atoms with Crippen LogP contribution in [0.4, 0.5) is 0 Å². The van der Waals surface area contributed by atoms with Gasteiger partial charge in [-0.1, -0.05) is 11.8 Å². The Kier molecular flexibility index (Phi) is 4.00. The van der Waals surface area contributed by atoms with E-state index < -0.39 is 24.4 Å². The van der Waals surface area contributed by atoms with E-state index in [-0.39, 0.29) is 12.0 Å². The molecule has 3 rings (SSSR count). The van der Waals surface area contributed by atoms with Crippen LogP contribution in [0.2, 0.25) is 0 Å². The van der Waals surface area contributed by atoms with E-state index in [4.69, 9.17) is 9.84 Å². The van der Waals surface area contributed by atoms with Crippen LogP contribution in [-0.4, -0.2) is 74.9 Å². The molecular weight excluding hydrogens is 268 g/mol. The first-order chi connectivity index (χ1) is 9.20. The lowest BCUT2D eigenvalue weighted by Crippen LogP contribution is -2.54. The summed E-state index contributed by atoms with van der Waals surface area (Å²) in [4.78, 5) is 6.74. The average Bonchev–Trinajstić information content (AvgIpc) is 3.04. The Labute approximate surface area is 116 Å². The maximum absolute atomic E-state index is 10.2. The second-order valence-electron chi connectivity index (χ2n) is 5.25. The summed E-state index contributed by atoms with van der Waals surface area (Å²) < 4.78 is 5.77. The van der Waals surface area contributed by atoms with Crippen LogP contribution in [-0.2, 0) is 4.74 Å². The Bertz CT molecular complexity index is 362. The lowest BCUT2D eigenvalue weighted by Gasteiger charge is -2.38. The van der Waals surface area contributed by atoms with Gasteiger partial charge in [-0.05, 0) is 19.3 Å². The fraction of sp³-hybridized carbons (Fsp3) is 0.917. The van der Waals surface area contributed by atoms with Gasteiger partial charge in [-0.3, -0.25) is 4.99 Å². The van der Waals surface area contributed by atoms with Gasteiger partial charge in [0.1, 0.15) is 23.7 Å². The largest absolute Gasteiger partial charge is 0.396 e. The Hall–Kier alpha value is -0.340. The molecule has 0 aromatic rings. The number of hydrogen-bond acceptors (Lipinski definition) is 7. The fourth-order valence-corrected chi connectivity index (χ4v) is 4.12. The molecule has 0 aliphatic carbocycles. The summed E-state index contributed by atoms with van der Waals surface area (Å²) >= 11 is 1.53. The second-order valence-corrected chi connectivity index (χ2v) is 6.32. The van der Waals surface area contributed by atoms with E-state index in [1.54, 1.807) is 0 Å². The standard InChI is InChI=1S/C12H20N2O4S/c15-6-3-7-9(16)10(17)8-11(18-7)19-12(13-8)14-4-1-2-5-14/h7-11,15-17H,1-6H2/t7-,8-,9-,10-,11-/m1/s1. The number of thioether (sulfide) groups is 1. The number of ether oxygens (including phenoxy) is 1. The zero-order chi connectivity index (χ0) is 13.4. The number of fused-ring (bicyclic) bond motifs is 1. The molecule has 3 N–H and O–H groups in total. The number of amidine groups is 1. The maximum atomic E-state index is 10.2. The van der Waals surface area contributed by atoms with Gasteiger partial charge < -0.3 is 25.0 Å². The Morgan fingerprint density at radius 1 is 1.26 bits per heavy atom. The Morgan fingerprint density at radius 3 is 2.68 bits per heavy atom. The number of hydrogen-bond donors (Lipinski definition) is 3. The third-order valence-corrected chi connectivity index (χ3v) is 5.14. The molecule has 108 valence electrons. The molecule has 3 aliphatic heterocycles. The molecule has 5 atom stereocenters. The van der Waals surface area contributed by atoms with Crippen molar-refractivity contribution in [1.29, 1.82) is 0 Å². The molecule has 0 aromatic heterocycles. The molecule has 2 saturated heterocycles. The number of rotatable bonds is 2. The van der Waals surface area contributed by atoms with E-state index in [2.05, 4.69) is 9.89 Å². The molecule has 0 bridgehead atoms. The van der Waals surface area contributed by atoms with Crippen molar-refractivity contribution in [3.8, 4) is 0 Å². The van der Waals surface area contributed by atoms with E-state index in [9.17, 15) is 10.2 Å². The lowest BCUT2D eigenvalue weighted by atomic mass is 9.96. The SMILES string of the molecule is OCC[C@H]1O[C@@H]2SC(N3CCCC3)=N[C@@H]2[C@@H](O)[C@@H]1O. The quantitative estimate of drug-likeness (QED) is 0.628. The Balaban J connectivity index is 1.71. The molecule has 0 unspecified atom stereocenters. The molecule has 6 nitrogen and oxygen atoms in total. The number of aliphatic hydroxyl groups excluding tert-OH is 3. The van der Waals surface area contributed by atoms with Gasteiger partial charge in [0.25, 0.3) is 0 Å². The summed E-state index contributed by atoms with van der Waals surface area (Å²) in [5.41, 5.74) is -0.245. The van der Waals surface area contributed by atoms with Crippen molar-refractivity contribution in [3.63, 3.8) is 0 Å². The lowest BCUT2D eigenvalue weighted by molar-refractivity contribution is -0.156. The van der Waals surface area contributed by atoms with Crippen LogP contribution in [0.1, 0.15) is 19.3 Å². The monoisotopic (exact) mass is 288 g/mol. The van der Waals surface area contributed by atoms with Crippen LogP contribution >= 0.6 is 11.8 Å². The molecule has 3 aliphatic rings. The highest BCUT2D eigenvalue weighted by atomic mass is 32.2. The van der Waals surface area contributed by atoms with Crippen LogP contribution in [0.3, 0.4) is 0 Å². The first kappa shape index (κ1) is 13.6. The highest BCUT2D eigenvalue weighted by Gasteiger charge is 2.48. The van der Waals surface area contributed by atoms with Gasteiger partial charge in [0.15, 0.2) is 5.17 Å². The molecule has 19 heavy (non-hydrogen) atoms. The van der Waals surface area contributed by atoms with Gasteiger partial charge in [0, 0.05) is 19.7 Å². The van der Waals surface area contributed by atoms with Gasteiger partial charge >= 0.3 is 0 Å². The predicted octanol–water partition coefficient (Wildman–Crippen LogP) is -0.617. The maximum Gasteiger partial charge on any atom is 0.162 e. The van der Waals surface area contributed by atoms with E-state index in [0.717, 1.165) is 18.3 Å². The van der Waals surface area contributed by atoms with Gasteiger partial charge in [-0.15, -0.1) is 0 Å². The minimum atomic E-state index is -0.976. The highest BCUT2D eigenvalue weighted by Crippen LogP contribution is 2.38. The van der Waals surface area contributed by atoms with Crippen molar-refractivity contribution in [1.82, 2.24) is 4.90 Å². The molecule has 0 radical (unpaired) electrons. The molecular formula is C12H20N2O4S. The molecule has 0 spiro atoms. The highest BCUT2D eigenvalue weighted by molar-refractivity contribution is 8.14. The molecule has 7 heteroatoms. The van der Waals surface area contributed by atoms with Gasteiger partial charge in [-0.25, -0.2) is 0 Å². The number of aliphatic imine (C=N–C) groups is 1. The van der Waals surface area contributed by atoms with E-state index in [0.29, 0.717) is 6.42 Å².